The van der Waals surface area contributed by atoms with Crippen molar-refractivity contribution in [2.24, 2.45) is 0 Å². The molecule has 0 radical (unpaired) electrons. The number of benzene rings is 3. The minimum absolute atomic E-state index is 0.0551. The number of hydrogen-bond acceptors (Lipinski definition) is 6. The Balaban J connectivity index is 1.58. The lowest BCUT2D eigenvalue weighted by molar-refractivity contribution is 0.0161. The largest absolute Gasteiger partial charge is 0.459 e. The van der Waals surface area contributed by atoms with Crippen LogP contribution in [0.2, 0.25) is 5.02 Å². The Kier molecular flexibility index (Phi) is 6.35. The van der Waals surface area contributed by atoms with E-state index in [1.165, 1.54) is 35.2 Å². The lowest BCUT2D eigenvalue weighted by Gasteiger charge is -2.23. The van der Waals surface area contributed by atoms with Gasteiger partial charge in [0.1, 0.15) is 6.61 Å². The summed E-state index contributed by atoms with van der Waals surface area (Å²) < 4.78 is 38.0. The van der Waals surface area contributed by atoms with Gasteiger partial charge in [0.25, 0.3) is 5.91 Å². The van der Waals surface area contributed by atoms with Crippen molar-refractivity contribution in [3.8, 4) is 0 Å². The summed E-state index contributed by atoms with van der Waals surface area (Å²) in [5.74, 6) is -1.09. The number of amides is 1. The molecular weight excluding hydrogens is 490 g/mol. The molecular formula is C26H22ClNO6S. The van der Waals surface area contributed by atoms with Crippen molar-refractivity contribution in [1.29, 1.82) is 0 Å². The van der Waals surface area contributed by atoms with Gasteiger partial charge in [0, 0.05) is 11.6 Å². The van der Waals surface area contributed by atoms with Crippen molar-refractivity contribution in [2.45, 2.75) is 35.3 Å². The summed E-state index contributed by atoms with van der Waals surface area (Å²) in [7, 11) is -4.03. The smallest absolute Gasteiger partial charge is 0.338 e. The SMILES string of the molecule is O=C(OCC1CCCO1)c1ccc2c(c1)N(Cc1ccc(Cl)cc1)C(=O)c1ccccc1S2(=O)=O. The van der Waals surface area contributed by atoms with Gasteiger partial charge in [-0.1, -0.05) is 35.9 Å². The molecule has 3 aromatic carbocycles. The summed E-state index contributed by atoms with van der Waals surface area (Å²) in [4.78, 5) is 27.7. The first-order chi connectivity index (χ1) is 16.8. The van der Waals surface area contributed by atoms with Crippen LogP contribution < -0.4 is 4.90 Å². The summed E-state index contributed by atoms with van der Waals surface area (Å²) in [5.41, 5.74) is 1.08. The second-order valence-electron chi connectivity index (χ2n) is 8.43. The maximum atomic E-state index is 13.6. The molecule has 1 atom stereocenters. The Hall–Kier alpha value is -3.20. The lowest BCUT2D eigenvalue weighted by Crippen LogP contribution is -2.30. The standard InChI is InChI=1S/C26H22ClNO6S/c27-19-10-7-17(8-11-19)15-28-22-14-18(26(30)34-16-20-4-3-13-33-20)9-12-24(22)35(31,32)23-6-2-1-5-21(23)25(28)29/h1-2,5-12,14,20H,3-4,13,15-16H2. The highest BCUT2D eigenvalue weighted by Crippen LogP contribution is 2.38. The first-order valence-electron chi connectivity index (χ1n) is 11.2. The fourth-order valence-electron chi connectivity index (χ4n) is 4.29. The van der Waals surface area contributed by atoms with E-state index < -0.39 is 21.7 Å². The van der Waals surface area contributed by atoms with Gasteiger partial charge in [-0.25, -0.2) is 13.2 Å². The number of nitrogens with zero attached hydrogens (tertiary/aromatic N) is 1. The topological polar surface area (TPSA) is 90.0 Å². The molecule has 35 heavy (non-hydrogen) atoms. The molecule has 1 saturated heterocycles. The van der Waals surface area contributed by atoms with Crippen LogP contribution in [0.15, 0.2) is 76.5 Å². The van der Waals surface area contributed by atoms with Crippen LogP contribution in [0.5, 0.6) is 0 Å². The molecule has 3 aromatic rings. The van der Waals surface area contributed by atoms with Crippen LogP contribution >= 0.6 is 11.6 Å². The molecule has 5 rings (SSSR count). The average molecular weight is 512 g/mol. The summed E-state index contributed by atoms with van der Waals surface area (Å²) in [5, 5.41) is 0.542. The van der Waals surface area contributed by atoms with E-state index in [0.717, 1.165) is 18.4 Å². The maximum Gasteiger partial charge on any atom is 0.338 e. The van der Waals surface area contributed by atoms with E-state index in [9.17, 15) is 18.0 Å². The van der Waals surface area contributed by atoms with Gasteiger partial charge >= 0.3 is 5.97 Å². The van der Waals surface area contributed by atoms with Crippen LogP contribution in [-0.4, -0.2) is 39.6 Å². The summed E-state index contributed by atoms with van der Waals surface area (Å²) >= 11 is 6.01. The second kappa shape index (κ2) is 9.45. The van der Waals surface area contributed by atoms with Gasteiger partial charge in [0.05, 0.1) is 39.3 Å². The first kappa shape index (κ1) is 23.5. The predicted octanol–water partition coefficient (Wildman–Crippen LogP) is 4.67. The monoisotopic (exact) mass is 511 g/mol. The lowest BCUT2D eigenvalue weighted by atomic mass is 10.1. The van der Waals surface area contributed by atoms with Gasteiger partial charge in [-0.05, 0) is 60.9 Å². The fraction of sp³-hybridized carbons (Fsp3) is 0.231. The zero-order chi connectivity index (χ0) is 24.6. The molecule has 0 N–H and O–H groups in total. The molecule has 9 heteroatoms. The van der Waals surface area contributed by atoms with E-state index >= 15 is 0 Å². The molecule has 0 aromatic heterocycles. The normalized spacial score (nSPS) is 18.5. The van der Waals surface area contributed by atoms with Crippen LogP contribution in [0.1, 0.15) is 39.1 Å². The Morgan fingerprint density at radius 1 is 1.06 bits per heavy atom. The summed E-state index contributed by atoms with van der Waals surface area (Å²) in [6.45, 7) is 0.843. The Morgan fingerprint density at radius 2 is 1.83 bits per heavy atom. The predicted molar refractivity (Wildman–Crippen MR) is 130 cm³/mol. The molecule has 7 nitrogen and oxygen atoms in total. The van der Waals surface area contributed by atoms with Gasteiger partial charge in [-0.3, -0.25) is 4.79 Å². The van der Waals surface area contributed by atoms with Gasteiger partial charge in [0.2, 0.25) is 9.84 Å². The summed E-state index contributed by atoms with van der Waals surface area (Å²) in [6.07, 6.45) is 1.59. The van der Waals surface area contributed by atoms with E-state index in [1.54, 1.807) is 36.4 Å². The fourth-order valence-corrected chi connectivity index (χ4v) is 6.05. The molecule has 0 saturated carbocycles. The number of fused-ring (bicyclic) bond motifs is 2. The third-order valence-electron chi connectivity index (χ3n) is 6.11. The van der Waals surface area contributed by atoms with Crippen LogP contribution in [0, 0.1) is 0 Å². The Bertz CT molecular complexity index is 1400. The highest BCUT2D eigenvalue weighted by atomic mass is 35.5. The van der Waals surface area contributed by atoms with Crippen molar-refractivity contribution in [1.82, 2.24) is 0 Å². The second-order valence-corrected chi connectivity index (χ2v) is 10.8. The highest BCUT2D eigenvalue weighted by molar-refractivity contribution is 7.91. The van der Waals surface area contributed by atoms with Crippen LogP contribution in [-0.2, 0) is 25.9 Å². The molecule has 0 aliphatic carbocycles. The van der Waals surface area contributed by atoms with E-state index in [4.69, 9.17) is 21.1 Å². The minimum atomic E-state index is -4.03. The van der Waals surface area contributed by atoms with Crippen molar-refractivity contribution in [3.05, 3.63) is 88.4 Å². The molecule has 2 aliphatic heterocycles. The number of halogens is 1. The number of sulfone groups is 1. The van der Waals surface area contributed by atoms with Gasteiger partial charge in [0.15, 0.2) is 0 Å². The molecule has 1 amide bonds. The van der Waals surface area contributed by atoms with E-state index in [-0.39, 0.29) is 45.9 Å². The third-order valence-corrected chi connectivity index (χ3v) is 8.22. The molecule has 180 valence electrons. The Morgan fingerprint density at radius 3 is 2.57 bits per heavy atom. The van der Waals surface area contributed by atoms with E-state index in [0.29, 0.717) is 11.6 Å². The minimum Gasteiger partial charge on any atom is -0.459 e. The van der Waals surface area contributed by atoms with Crippen LogP contribution in [0.3, 0.4) is 0 Å². The van der Waals surface area contributed by atoms with Crippen LogP contribution in [0.4, 0.5) is 5.69 Å². The first-order valence-corrected chi connectivity index (χ1v) is 13.0. The Labute approximate surface area is 208 Å². The molecule has 2 aliphatic rings. The van der Waals surface area contributed by atoms with Crippen molar-refractivity contribution in [2.75, 3.05) is 18.1 Å². The maximum absolute atomic E-state index is 13.6. The number of anilines is 1. The van der Waals surface area contributed by atoms with Gasteiger partial charge in [-0.15, -0.1) is 0 Å². The molecule has 1 fully saturated rings. The van der Waals surface area contributed by atoms with Crippen LogP contribution in [0.25, 0.3) is 0 Å². The molecule has 0 spiro atoms. The number of rotatable bonds is 5. The number of ether oxygens (including phenoxy) is 2. The van der Waals surface area contributed by atoms with Gasteiger partial charge in [-0.2, -0.15) is 0 Å². The number of hydrogen-bond donors (Lipinski definition) is 0. The highest BCUT2D eigenvalue weighted by Gasteiger charge is 2.36. The van der Waals surface area contributed by atoms with Gasteiger partial charge < -0.3 is 14.4 Å². The average Bonchev–Trinajstić information content (AvgIpc) is 3.38. The van der Waals surface area contributed by atoms with E-state index in [2.05, 4.69) is 0 Å². The summed E-state index contributed by atoms with van der Waals surface area (Å²) in [6, 6.07) is 17.2. The number of carbonyl (C=O) groups excluding carboxylic acids is 2. The zero-order valence-corrected chi connectivity index (χ0v) is 20.2. The molecule has 1 unspecified atom stereocenters. The number of esters is 1. The zero-order valence-electron chi connectivity index (χ0n) is 18.6. The van der Waals surface area contributed by atoms with Crippen molar-refractivity contribution < 1.29 is 27.5 Å². The quantitative estimate of drug-likeness (QED) is 0.462. The van der Waals surface area contributed by atoms with Crippen molar-refractivity contribution >= 4 is 39.0 Å². The number of carbonyl (C=O) groups is 2. The van der Waals surface area contributed by atoms with E-state index in [1.807, 2.05) is 0 Å². The van der Waals surface area contributed by atoms with Crippen molar-refractivity contribution in [3.63, 3.8) is 0 Å². The third kappa shape index (κ3) is 4.57. The molecule has 2 heterocycles. The molecule has 0 bridgehead atoms.